The topological polar surface area (TPSA) is 43.8 Å². The lowest BCUT2D eigenvalue weighted by Crippen LogP contribution is -2.08. The van der Waals surface area contributed by atoms with Crippen molar-refractivity contribution in [3.63, 3.8) is 0 Å². The average Bonchev–Trinajstić information content (AvgIpc) is 2.41. The predicted molar refractivity (Wildman–Crippen MR) is 67.1 cm³/mol. The first-order chi connectivity index (χ1) is 7.02. The summed E-state index contributed by atoms with van der Waals surface area (Å²) < 4.78 is 2.07. The monoisotopic (exact) mass is 225 g/mol. The van der Waals surface area contributed by atoms with E-state index in [0.29, 0.717) is 4.99 Å². The number of thiocarbonyl (C=S) groups is 1. The molecule has 0 saturated carbocycles. The van der Waals surface area contributed by atoms with Crippen LogP contribution in [0.5, 0.6) is 0 Å². The van der Waals surface area contributed by atoms with Crippen LogP contribution in [-0.4, -0.2) is 14.8 Å². The van der Waals surface area contributed by atoms with E-state index in [1.165, 1.54) is 11.3 Å². The van der Waals surface area contributed by atoms with Gasteiger partial charge in [0.05, 0.1) is 10.7 Å². The molecule has 0 aliphatic heterocycles. The summed E-state index contributed by atoms with van der Waals surface area (Å²) in [6, 6.07) is 0. The van der Waals surface area contributed by atoms with Gasteiger partial charge in [-0.25, -0.2) is 0 Å². The van der Waals surface area contributed by atoms with Gasteiger partial charge in [-0.2, -0.15) is 5.10 Å². The summed E-state index contributed by atoms with van der Waals surface area (Å²) in [6.07, 6.45) is 2.97. The lowest BCUT2D eigenvalue weighted by molar-refractivity contribution is 0.549. The third-order valence-corrected chi connectivity index (χ3v) is 2.99. The van der Waals surface area contributed by atoms with Gasteiger partial charge in [-0.3, -0.25) is 4.68 Å². The van der Waals surface area contributed by atoms with E-state index >= 15 is 0 Å². The molecule has 15 heavy (non-hydrogen) atoms. The molecule has 1 heterocycles. The molecule has 0 fully saturated rings. The Morgan fingerprint density at radius 2 is 2.00 bits per heavy atom. The second-order valence-corrected chi connectivity index (χ2v) is 4.47. The van der Waals surface area contributed by atoms with Crippen molar-refractivity contribution in [1.82, 2.24) is 9.78 Å². The Labute approximate surface area is 96.7 Å². The number of unbranched alkanes of at least 4 members (excludes halogenated alkanes) is 1. The zero-order valence-electron chi connectivity index (χ0n) is 9.71. The minimum atomic E-state index is 0.611. The lowest BCUT2D eigenvalue weighted by Gasteiger charge is -2.04. The first-order valence-electron chi connectivity index (χ1n) is 5.31. The highest BCUT2D eigenvalue weighted by atomic mass is 32.1. The summed E-state index contributed by atoms with van der Waals surface area (Å²) in [7, 11) is 0. The van der Waals surface area contributed by atoms with E-state index in [1.54, 1.807) is 0 Å². The predicted octanol–water partition coefficient (Wildman–Crippen LogP) is 2.26. The van der Waals surface area contributed by atoms with Crippen LogP contribution < -0.4 is 5.73 Å². The van der Waals surface area contributed by atoms with E-state index in [2.05, 4.69) is 23.6 Å². The average molecular weight is 225 g/mol. The van der Waals surface area contributed by atoms with Gasteiger partial charge in [0.25, 0.3) is 0 Å². The highest BCUT2D eigenvalue weighted by Crippen LogP contribution is 2.11. The Hall–Kier alpha value is -0.900. The molecule has 0 amide bonds. The number of hydrogen-bond acceptors (Lipinski definition) is 2. The smallest absolute Gasteiger partial charge is 0.0727 e. The van der Waals surface area contributed by atoms with E-state index in [1.807, 2.05) is 6.92 Å². The van der Waals surface area contributed by atoms with E-state index in [0.717, 1.165) is 31.5 Å². The van der Waals surface area contributed by atoms with Crippen LogP contribution in [0, 0.1) is 20.8 Å². The van der Waals surface area contributed by atoms with Crippen molar-refractivity contribution in [1.29, 1.82) is 0 Å². The Morgan fingerprint density at radius 3 is 2.47 bits per heavy atom. The Balaban J connectivity index is 2.44. The maximum atomic E-state index is 5.44. The van der Waals surface area contributed by atoms with Gasteiger partial charge in [-0.1, -0.05) is 12.2 Å². The molecule has 2 N–H and O–H groups in total. The molecule has 1 rings (SSSR count). The van der Waals surface area contributed by atoms with E-state index in [-0.39, 0.29) is 0 Å². The first-order valence-corrected chi connectivity index (χ1v) is 5.72. The third kappa shape index (κ3) is 3.30. The fourth-order valence-corrected chi connectivity index (χ4v) is 1.71. The van der Waals surface area contributed by atoms with Crippen LogP contribution in [0.4, 0.5) is 0 Å². The first kappa shape index (κ1) is 12.2. The van der Waals surface area contributed by atoms with Crippen LogP contribution in [0.2, 0.25) is 0 Å². The molecule has 4 heteroatoms. The fraction of sp³-hybridized carbons (Fsp3) is 0.636. The van der Waals surface area contributed by atoms with Crippen LogP contribution >= 0.6 is 12.2 Å². The normalized spacial score (nSPS) is 10.6. The maximum Gasteiger partial charge on any atom is 0.0727 e. The van der Waals surface area contributed by atoms with Gasteiger partial charge < -0.3 is 5.73 Å². The summed E-state index contributed by atoms with van der Waals surface area (Å²) >= 11 is 4.83. The molecule has 0 unspecified atom stereocenters. The molecule has 0 aliphatic carbocycles. The lowest BCUT2D eigenvalue weighted by atomic mass is 10.2. The van der Waals surface area contributed by atoms with Crippen molar-refractivity contribution in [2.75, 3.05) is 0 Å². The standard InChI is InChI=1S/C11H19N3S/c1-8-9(2)13-14(10(8)3)7-5-4-6-11(12)15/h4-7H2,1-3H3,(H2,12,15). The van der Waals surface area contributed by atoms with Crippen molar-refractivity contribution in [3.8, 4) is 0 Å². The molecular formula is C11H19N3S. The highest BCUT2D eigenvalue weighted by Gasteiger charge is 2.06. The van der Waals surface area contributed by atoms with Crippen molar-refractivity contribution in [2.45, 2.75) is 46.6 Å². The Kier molecular flexibility index (Phi) is 4.27. The molecule has 0 saturated heterocycles. The van der Waals surface area contributed by atoms with Crippen LogP contribution in [0.15, 0.2) is 0 Å². The van der Waals surface area contributed by atoms with Gasteiger partial charge in [0.2, 0.25) is 0 Å². The number of rotatable bonds is 5. The summed E-state index contributed by atoms with van der Waals surface area (Å²) in [5, 5.41) is 4.48. The zero-order valence-corrected chi connectivity index (χ0v) is 10.5. The Morgan fingerprint density at radius 1 is 1.33 bits per heavy atom. The number of aryl methyl sites for hydroxylation is 2. The van der Waals surface area contributed by atoms with Gasteiger partial charge in [0.1, 0.15) is 0 Å². The molecule has 1 aromatic rings. The van der Waals surface area contributed by atoms with E-state index in [9.17, 15) is 0 Å². The SMILES string of the molecule is Cc1nn(CCCCC(N)=S)c(C)c1C. The molecule has 0 aliphatic rings. The molecule has 0 atom stereocenters. The molecule has 84 valence electrons. The number of aromatic nitrogens is 2. The number of hydrogen-bond donors (Lipinski definition) is 1. The van der Waals surface area contributed by atoms with E-state index < -0.39 is 0 Å². The van der Waals surface area contributed by atoms with Crippen LogP contribution in [0.25, 0.3) is 0 Å². The molecular weight excluding hydrogens is 206 g/mol. The molecule has 0 radical (unpaired) electrons. The number of nitrogens with two attached hydrogens (primary N) is 1. The molecule has 0 aromatic carbocycles. The summed E-state index contributed by atoms with van der Waals surface area (Å²) in [5.41, 5.74) is 9.13. The minimum Gasteiger partial charge on any atom is -0.393 e. The summed E-state index contributed by atoms with van der Waals surface area (Å²) in [5.74, 6) is 0. The molecule has 0 bridgehead atoms. The van der Waals surface area contributed by atoms with Gasteiger partial charge in [0, 0.05) is 12.2 Å². The maximum absolute atomic E-state index is 5.44. The van der Waals surface area contributed by atoms with Gasteiger partial charge in [-0.15, -0.1) is 0 Å². The molecule has 1 aromatic heterocycles. The third-order valence-electron chi connectivity index (χ3n) is 2.79. The quantitative estimate of drug-likeness (QED) is 0.617. The second kappa shape index (κ2) is 5.26. The van der Waals surface area contributed by atoms with Crippen LogP contribution in [0.3, 0.4) is 0 Å². The van der Waals surface area contributed by atoms with Crippen molar-refractivity contribution >= 4 is 17.2 Å². The fourth-order valence-electron chi connectivity index (χ4n) is 1.56. The largest absolute Gasteiger partial charge is 0.393 e. The summed E-state index contributed by atoms with van der Waals surface area (Å²) in [6.45, 7) is 7.24. The highest BCUT2D eigenvalue weighted by molar-refractivity contribution is 7.80. The van der Waals surface area contributed by atoms with Gasteiger partial charge in [-0.05, 0) is 45.6 Å². The zero-order chi connectivity index (χ0) is 11.4. The molecule has 3 nitrogen and oxygen atoms in total. The van der Waals surface area contributed by atoms with Gasteiger partial charge >= 0.3 is 0 Å². The van der Waals surface area contributed by atoms with Crippen molar-refractivity contribution < 1.29 is 0 Å². The van der Waals surface area contributed by atoms with Crippen molar-refractivity contribution in [3.05, 3.63) is 17.0 Å². The Bertz CT molecular complexity index is 355. The van der Waals surface area contributed by atoms with Gasteiger partial charge in [0.15, 0.2) is 0 Å². The van der Waals surface area contributed by atoms with Crippen LogP contribution in [0.1, 0.15) is 36.2 Å². The molecule has 0 spiro atoms. The number of nitrogens with zero attached hydrogens (tertiary/aromatic N) is 2. The van der Waals surface area contributed by atoms with Crippen molar-refractivity contribution in [2.24, 2.45) is 5.73 Å². The summed E-state index contributed by atoms with van der Waals surface area (Å²) in [4.78, 5) is 0.611. The second-order valence-electron chi connectivity index (χ2n) is 3.94. The van der Waals surface area contributed by atoms with Crippen LogP contribution in [-0.2, 0) is 6.54 Å². The van der Waals surface area contributed by atoms with E-state index in [4.69, 9.17) is 18.0 Å². The minimum absolute atomic E-state index is 0.611.